The molecule has 3 atom stereocenters. The standard InChI is InChI=1S/C11H20N2OS/c1-7(15-2)11(14)13-10-5-8-3-4-9(6-10)12-8/h7-10,12H,3-6H2,1-2H3,(H,13,14). The van der Waals surface area contributed by atoms with Crippen molar-refractivity contribution >= 4 is 17.7 Å². The molecule has 2 aliphatic rings. The first-order valence-electron chi connectivity index (χ1n) is 5.78. The number of thioether (sulfide) groups is 1. The van der Waals surface area contributed by atoms with Crippen molar-refractivity contribution < 1.29 is 4.79 Å². The van der Waals surface area contributed by atoms with E-state index in [9.17, 15) is 4.79 Å². The Morgan fingerprint density at radius 3 is 2.53 bits per heavy atom. The van der Waals surface area contributed by atoms with Gasteiger partial charge in [-0.05, 0) is 38.9 Å². The van der Waals surface area contributed by atoms with E-state index in [0.29, 0.717) is 18.1 Å². The van der Waals surface area contributed by atoms with E-state index in [2.05, 4.69) is 10.6 Å². The molecular weight excluding hydrogens is 208 g/mol. The van der Waals surface area contributed by atoms with Gasteiger partial charge >= 0.3 is 0 Å². The highest BCUT2D eigenvalue weighted by atomic mass is 32.2. The summed E-state index contributed by atoms with van der Waals surface area (Å²) in [4.78, 5) is 11.7. The van der Waals surface area contributed by atoms with Crippen molar-refractivity contribution in [3.8, 4) is 0 Å². The highest BCUT2D eigenvalue weighted by Gasteiger charge is 2.34. The van der Waals surface area contributed by atoms with Crippen LogP contribution in [0.1, 0.15) is 32.6 Å². The molecule has 4 heteroatoms. The van der Waals surface area contributed by atoms with Gasteiger partial charge in [0.2, 0.25) is 5.91 Å². The minimum atomic E-state index is 0.0811. The Morgan fingerprint density at radius 1 is 1.40 bits per heavy atom. The Balaban J connectivity index is 1.82. The molecule has 0 spiro atoms. The monoisotopic (exact) mass is 228 g/mol. The van der Waals surface area contributed by atoms with Crippen molar-refractivity contribution in [3.05, 3.63) is 0 Å². The smallest absolute Gasteiger partial charge is 0.233 e. The summed E-state index contributed by atoms with van der Waals surface area (Å²) in [5.41, 5.74) is 0. The van der Waals surface area contributed by atoms with Gasteiger partial charge in [-0.25, -0.2) is 0 Å². The summed E-state index contributed by atoms with van der Waals surface area (Å²) in [6, 6.07) is 1.71. The molecule has 2 heterocycles. The van der Waals surface area contributed by atoms with E-state index >= 15 is 0 Å². The van der Waals surface area contributed by atoms with Crippen molar-refractivity contribution in [1.29, 1.82) is 0 Å². The first-order chi connectivity index (χ1) is 7.19. The molecule has 2 N–H and O–H groups in total. The summed E-state index contributed by atoms with van der Waals surface area (Å²) < 4.78 is 0. The summed E-state index contributed by atoms with van der Waals surface area (Å²) >= 11 is 1.61. The highest BCUT2D eigenvalue weighted by molar-refractivity contribution is 7.99. The van der Waals surface area contributed by atoms with E-state index < -0.39 is 0 Å². The number of amides is 1. The summed E-state index contributed by atoms with van der Waals surface area (Å²) in [5, 5.41) is 6.83. The normalized spacial score (nSPS) is 36.3. The third kappa shape index (κ3) is 2.67. The second kappa shape index (κ2) is 4.74. The molecule has 3 unspecified atom stereocenters. The number of carbonyl (C=O) groups is 1. The topological polar surface area (TPSA) is 41.1 Å². The van der Waals surface area contributed by atoms with Crippen LogP contribution in [-0.2, 0) is 4.79 Å². The second-order valence-corrected chi connectivity index (χ2v) is 5.87. The van der Waals surface area contributed by atoms with E-state index in [1.165, 1.54) is 12.8 Å². The third-order valence-corrected chi connectivity index (χ3v) is 4.46. The van der Waals surface area contributed by atoms with Crippen LogP contribution in [0.2, 0.25) is 0 Å². The molecule has 0 aromatic rings. The van der Waals surface area contributed by atoms with Gasteiger partial charge in [0.1, 0.15) is 0 Å². The van der Waals surface area contributed by atoms with Gasteiger partial charge < -0.3 is 10.6 Å². The maximum absolute atomic E-state index is 11.7. The first kappa shape index (κ1) is 11.3. The van der Waals surface area contributed by atoms with Gasteiger partial charge in [-0.2, -0.15) is 11.8 Å². The fraction of sp³-hybridized carbons (Fsp3) is 0.909. The van der Waals surface area contributed by atoms with E-state index in [-0.39, 0.29) is 11.2 Å². The number of nitrogens with one attached hydrogen (secondary N) is 2. The van der Waals surface area contributed by atoms with Crippen molar-refractivity contribution in [2.45, 2.75) is 56.0 Å². The average molecular weight is 228 g/mol. The maximum Gasteiger partial charge on any atom is 0.233 e. The summed E-state index contributed by atoms with van der Waals surface area (Å²) in [6.07, 6.45) is 6.79. The van der Waals surface area contributed by atoms with Gasteiger partial charge in [0.05, 0.1) is 5.25 Å². The molecule has 0 saturated carbocycles. The zero-order chi connectivity index (χ0) is 10.8. The molecule has 0 aliphatic carbocycles. The molecule has 0 aromatic heterocycles. The van der Waals surface area contributed by atoms with Crippen LogP contribution in [0.5, 0.6) is 0 Å². The lowest BCUT2D eigenvalue weighted by atomic mass is 10.00. The number of rotatable bonds is 3. The summed E-state index contributed by atoms with van der Waals surface area (Å²) in [7, 11) is 0. The largest absolute Gasteiger partial charge is 0.352 e. The van der Waals surface area contributed by atoms with Crippen molar-refractivity contribution in [1.82, 2.24) is 10.6 Å². The molecule has 2 bridgehead atoms. The minimum Gasteiger partial charge on any atom is -0.352 e. The van der Waals surface area contributed by atoms with Crippen LogP contribution >= 0.6 is 11.8 Å². The molecule has 0 aromatic carbocycles. The molecule has 1 amide bonds. The first-order valence-corrected chi connectivity index (χ1v) is 7.07. The van der Waals surface area contributed by atoms with E-state index in [0.717, 1.165) is 12.8 Å². The predicted octanol–water partition coefficient (Wildman–Crippen LogP) is 1.14. The Morgan fingerprint density at radius 2 is 2.00 bits per heavy atom. The molecule has 15 heavy (non-hydrogen) atoms. The van der Waals surface area contributed by atoms with E-state index in [1.54, 1.807) is 11.8 Å². The number of fused-ring (bicyclic) bond motifs is 2. The van der Waals surface area contributed by atoms with Crippen molar-refractivity contribution in [2.24, 2.45) is 0 Å². The quantitative estimate of drug-likeness (QED) is 0.761. The van der Waals surface area contributed by atoms with Gasteiger partial charge in [-0.1, -0.05) is 0 Å². The van der Waals surface area contributed by atoms with Crippen LogP contribution in [-0.4, -0.2) is 35.5 Å². The predicted molar refractivity (Wildman–Crippen MR) is 64.1 cm³/mol. The van der Waals surface area contributed by atoms with Gasteiger partial charge in [0.25, 0.3) is 0 Å². The fourth-order valence-electron chi connectivity index (χ4n) is 2.60. The Kier molecular flexibility index (Phi) is 3.57. The zero-order valence-corrected chi connectivity index (χ0v) is 10.3. The molecular formula is C11H20N2OS. The Bertz CT molecular complexity index is 235. The SMILES string of the molecule is CSC(C)C(=O)NC1CC2CCC(C1)N2. The second-order valence-electron chi connectivity index (χ2n) is 4.69. The molecule has 2 saturated heterocycles. The lowest BCUT2D eigenvalue weighted by Gasteiger charge is -2.30. The number of hydrogen-bond donors (Lipinski definition) is 2. The van der Waals surface area contributed by atoms with E-state index in [1.807, 2.05) is 13.2 Å². The van der Waals surface area contributed by atoms with Crippen LogP contribution < -0.4 is 10.6 Å². The molecule has 2 rings (SSSR count). The highest BCUT2D eigenvalue weighted by Crippen LogP contribution is 2.26. The lowest BCUT2D eigenvalue weighted by Crippen LogP contribution is -2.49. The molecule has 86 valence electrons. The van der Waals surface area contributed by atoms with Gasteiger partial charge in [-0.15, -0.1) is 0 Å². The number of carbonyl (C=O) groups excluding carboxylic acids is 1. The fourth-order valence-corrected chi connectivity index (χ4v) is 2.88. The Hall–Kier alpha value is -0.220. The van der Waals surface area contributed by atoms with Crippen LogP contribution in [0.3, 0.4) is 0 Å². The molecule has 2 fully saturated rings. The minimum absolute atomic E-state index is 0.0811. The van der Waals surface area contributed by atoms with Gasteiger partial charge in [-0.3, -0.25) is 4.79 Å². The maximum atomic E-state index is 11.7. The third-order valence-electron chi connectivity index (χ3n) is 3.54. The summed E-state index contributed by atoms with van der Waals surface area (Å²) in [5.74, 6) is 0.203. The van der Waals surface area contributed by atoms with Gasteiger partial charge in [0, 0.05) is 18.1 Å². The van der Waals surface area contributed by atoms with E-state index in [4.69, 9.17) is 0 Å². The van der Waals surface area contributed by atoms with Crippen LogP contribution in [0.15, 0.2) is 0 Å². The molecule has 0 radical (unpaired) electrons. The van der Waals surface area contributed by atoms with Crippen LogP contribution in [0, 0.1) is 0 Å². The Labute approximate surface area is 95.8 Å². The zero-order valence-electron chi connectivity index (χ0n) is 9.45. The van der Waals surface area contributed by atoms with Crippen LogP contribution in [0.25, 0.3) is 0 Å². The average Bonchev–Trinajstić information content (AvgIpc) is 2.57. The van der Waals surface area contributed by atoms with Crippen molar-refractivity contribution in [3.63, 3.8) is 0 Å². The summed E-state index contributed by atoms with van der Waals surface area (Å²) in [6.45, 7) is 1.97. The number of piperidine rings is 1. The molecule has 3 nitrogen and oxygen atoms in total. The number of hydrogen-bond acceptors (Lipinski definition) is 3. The molecule has 2 aliphatic heterocycles. The van der Waals surface area contributed by atoms with Gasteiger partial charge in [0.15, 0.2) is 0 Å². The van der Waals surface area contributed by atoms with Crippen molar-refractivity contribution in [2.75, 3.05) is 6.26 Å². The lowest BCUT2D eigenvalue weighted by molar-refractivity contribution is -0.121. The van der Waals surface area contributed by atoms with Crippen LogP contribution in [0.4, 0.5) is 0 Å².